The highest BCUT2D eigenvalue weighted by Crippen LogP contribution is 1.98. The van der Waals surface area contributed by atoms with Crippen molar-refractivity contribution >= 4 is 20.9 Å². The minimum Gasteiger partial charge on any atom is -1.00 e. The van der Waals surface area contributed by atoms with Gasteiger partial charge in [-0.05, 0) is 5.75 Å². The first-order chi connectivity index (χ1) is 3.15. The zero-order valence-electron chi connectivity index (χ0n) is 4.66. The third-order valence-electron chi connectivity index (χ3n) is 0. The van der Waals surface area contributed by atoms with Gasteiger partial charge in [-0.2, -0.15) is 12.6 Å². The third kappa shape index (κ3) is 479. The van der Waals surface area contributed by atoms with Gasteiger partial charge in [-0.1, -0.05) is 6.92 Å². The van der Waals surface area contributed by atoms with Gasteiger partial charge in [-0.25, -0.2) is 0 Å². The van der Waals surface area contributed by atoms with Crippen molar-refractivity contribution in [2.24, 2.45) is 0 Å². The number of hydrogen-bond donors (Lipinski definition) is 3. The highest BCUT2D eigenvalue weighted by molar-refractivity contribution is 7.80. The topological polar surface area (TPSA) is 57.5 Å². The summed E-state index contributed by atoms with van der Waals surface area (Å²) in [5, 5.41) is 0. The molecule has 0 spiro atoms. The van der Waals surface area contributed by atoms with Gasteiger partial charge in [0.15, 0.2) is 0 Å². The Bertz CT molecular complexity index is 51.1. The summed E-state index contributed by atoms with van der Waals surface area (Å²) < 4.78 is 8.70. The molecule has 3 nitrogen and oxygen atoms in total. The Morgan fingerprint density at radius 3 is 1.44 bits per heavy atom. The van der Waals surface area contributed by atoms with E-state index in [4.69, 9.17) is 14.4 Å². The van der Waals surface area contributed by atoms with E-state index in [2.05, 4.69) is 12.6 Å². The normalized spacial score (nSPS) is 4.89. The molecule has 0 rings (SSSR count). The van der Waals surface area contributed by atoms with Gasteiger partial charge in [0.05, 0.1) is 0 Å². The first-order valence-corrected chi connectivity index (χ1v) is 3.40. The van der Waals surface area contributed by atoms with Crippen LogP contribution in [-0.4, -0.2) is 15.5 Å². The molecule has 0 saturated heterocycles. The van der Waals surface area contributed by atoms with Gasteiger partial charge >= 0.3 is 8.25 Å². The average Bonchev–Trinajstić information content (AvgIpc) is 1.33. The summed E-state index contributed by atoms with van der Waals surface area (Å²) in [5.74, 6) is 0.944. The van der Waals surface area contributed by atoms with Crippen molar-refractivity contribution in [3.63, 3.8) is 0 Å². The summed E-state index contributed by atoms with van der Waals surface area (Å²) in [6.45, 7) is 1.99. The molecule has 9 heavy (non-hydrogen) atoms. The molecule has 0 saturated carbocycles. The van der Waals surface area contributed by atoms with Gasteiger partial charge in [-0.15, -0.1) is 9.79 Å². The summed E-state index contributed by atoms with van der Waals surface area (Å²) in [7, 11) is -2.87. The molecular formula is C2H8Cl2O3PS-. The van der Waals surface area contributed by atoms with Crippen molar-refractivity contribution in [3.05, 3.63) is 0 Å². The van der Waals surface area contributed by atoms with Crippen molar-refractivity contribution in [1.29, 1.82) is 0 Å². The van der Waals surface area contributed by atoms with Gasteiger partial charge in [0.2, 0.25) is 0 Å². The van der Waals surface area contributed by atoms with Crippen molar-refractivity contribution in [2.75, 3.05) is 5.75 Å². The quantitative estimate of drug-likeness (QED) is 0.278. The van der Waals surface area contributed by atoms with Crippen LogP contribution in [0.5, 0.6) is 0 Å². The lowest BCUT2D eigenvalue weighted by molar-refractivity contribution is -0.001000. The Balaban J connectivity index is -0.0000000233. The minimum absolute atomic E-state index is 0. The molecule has 7 heteroatoms. The van der Waals surface area contributed by atoms with Gasteiger partial charge in [0.1, 0.15) is 0 Å². The first kappa shape index (κ1) is 22.5. The molecule has 0 unspecified atom stereocenters. The van der Waals surface area contributed by atoms with Crippen molar-refractivity contribution in [1.82, 2.24) is 0 Å². The summed E-state index contributed by atoms with van der Waals surface area (Å²) >= 11 is 3.79. The molecule has 0 aromatic rings. The highest BCUT2D eigenvalue weighted by Gasteiger charge is 1.93. The predicted molar refractivity (Wildman–Crippen MR) is 31.6 cm³/mol. The van der Waals surface area contributed by atoms with Crippen LogP contribution in [0.2, 0.25) is 0 Å². The largest absolute Gasteiger partial charge is 1.00 e. The first-order valence-electron chi connectivity index (χ1n) is 1.61. The fraction of sp³-hybridized carbons (Fsp3) is 1.00. The second kappa shape index (κ2) is 23.1. The Hall–Kier alpha value is 0.950. The number of halogens is 2. The third-order valence-corrected chi connectivity index (χ3v) is 0. The van der Waals surface area contributed by atoms with Crippen molar-refractivity contribution in [2.45, 2.75) is 6.92 Å². The number of thiol groups is 1. The van der Waals surface area contributed by atoms with Crippen LogP contribution in [-0.2, 0) is 4.57 Å². The van der Waals surface area contributed by atoms with Crippen molar-refractivity contribution in [3.8, 4) is 0 Å². The van der Waals surface area contributed by atoms with Gasteiger partial charge in [-0.3, -0.25) is 0 Å². The van der Waals surface area contributed by atoms with Gasteiger partial charge in [0.25, 0.3) is 0 Å². The Labute approximate surface area is 73.0 Å². The lowest BCUT2D eigenvalue weighted by Gasteiger charge is -1.48. The average molecular weight is 214 g/mol. The van der Waals surface area contributed by atoms with E-state index in [1.807, 2.05) is 6.92 Å². The second-order valence-electron chi connectivity index (χ2n) is 0.569. The van der Waals surface area contributed by atoms with E-state index in [1.54, 1.807) is 0 Å². The van der Waals surface area contributed by atoms with Crippen LogP contribution in [0.4, 0.5) is 0 Å². The van der Waals surface area contributed by atoms with Gasteiger partial charge in [0, 0.05) is 4.57 Å². The molecule has 0 aliphatic rings. The predicted octanol–water partition coefficient (Wildman–Crippen LogP) is -5.43. The maximum absolute atomic E-state index is 8.70. The summed E-state index contributed by atoms with van der Waals surface area (Å²) in [6.07, 6.45) is 0. The van der Waals surface area contributed by atoms with E-state index in [1.165, 1.54) is 0 Å². The molecule has 0 amide bonds. The maximum atomic E-state index is 8.70. The summed E-state index contributed by atoms with van der Waals surface area (Å²) in [6, 6.07) is 0. The molecule has 0 aliphatic heterocycles. The van der Waals surface area contributed by atoms with E-state index < -0.39 is 8.25 Å². The highest BCUT2D eigenvalue weighted by atomic mass is 35.5. The van der Waals surface area contributed by atoms with Crippen LogP contribution in [0.15, 0.2) is 0 Å². The van der Waals surface area contributed by atoms with Gasteiger partial charge < -0.3 is 24.8 Å². The van der Waals surface area contributed by atoms with E-state index >= 15 is 0 Å². The van der Waals surface area contributed by atoms with E-state index in [-0.39, 0.29) is 24.8 Å². The minimum atomic E-state index is -2.87. The molecule has 0 radical (unpaired) electrons. The van der Waals surface area contributed by atoms with E-state index in [0.717, 1.165) is 5.75 Å². The lowest BCUT2D eigenvalue weighted by atomic mass is 11.0. The van der Waals surface area contributed by atoms with Crippen LogP contribution < -0.4 is 24.8 Å². The number of hydrogen-bond acceptors (Lipinski definition) is 2. The standard InChI is InChI=1S/C2H6S.2ClH.HO3P/c1-2-3;;;1-4(2)3/h3H,2H2,1H3;2*1H;(H-,1,2,3)/p-1. The van der Waals surface area contributed by atoms with Crippen LogP contribution in [0, 0.1) is 0 Å². The van der Waals surface area contributed by atoms with E-state index in [0.29, 0.717) is 0 Å². The van der Waals surface area contributed by atoms with Crippen molar-refractivity contribution < 1.29 is 39.2 Å². The molecule has 0 aliphatic carbocycles. The molecule has 0 fully saturated rings. The molecule has 0 bridgehead atoms. The number of rotatable bonds is 0. The molecule has 0 aromatic heterocycles. The summed E-state index contributed by atoms with van der Waals surface area (Å²) in [5.41, 5.74) is 0. The molecule has 0 heterocycles. The zero-order chi connectivity index (χ0) is 6.28. The smallest absolute Gasteiger partial charge is 0.692 e. The van der Waals surface area contributed by atoms with Crippen LogP contribution in [0.3, 0.4) is 0 Å². The SMILES string of the molecule is CCS.O=[P+](O)O.[Cl-].[Cl-]. The monoisotopic (exact) mass is 213 g/mol. The molecule has 60 valence electrons. The van der Waals surface area contributed by atoms with Crippen LogP contribution in [0.25, 0.3) is 0 Å². The fourth-order valence-corrected chi connectivity index (χ4v) is 0. The maximum Gasteiger partial charge on any atom is 0.692 e. The fourth-order valence-electron chi connectivity index (χ4n) is 0. The molecule has 0 aromatic carbocycles. The van der Waals surface area contributed by atoms with Crippen LogP contribution >= 0.6 is 20.9 Å². The Morgan fingerprint density at radius 1 is 1.44 bits per heavy atom. The lowest BCUT2D eigenvalue weighted by Crippen LogP contribution is -3.00. The summed E-state index contributed by atoms with van der Waals surface area (Å²) in [4.78, 5) is 14.2. The molecular weight excluding hydrogens is 206 g/mol. The second-order valence-corrected chi connectivity index (χ2v) is 1.71. The Morgan fingerprint density at radius 2 is 1.44 bits per heavy atom. The molecule has 0 atom stereocenters. The molecule has 2 N–H and O–H groups in total. The zero-order valence-corrected chi connectivity index (χ0v) is 7.96. The Kier molecular flexibility index (Phi) is 57.7. The van der Waals surface area contributed by atoms with Crippen LogP contribution in [0.1, 0.15) is 6.92 Å². The van der Waals surface area contributed by atoms with E-state index in [9.17, 15) is 0 Å².